The van der Waals surface area contributed by atoms with E-state index >= 15 is 0 Å². The number of Topliss-reactive ketones (excluding diaryl/α,β-unsaturated/α-hetero) is 1. The summed E-state index contributed by atoms with van der Waals surface area (Å²) in [7, 11) is 0. The monoisotopic (exact) mass is 418 g/mol. The molecule has 0 unspecified atom stereocenters. The topological polar surface area (TPSA) is 83.5 Å². The predicted molar refractivity (Wildman–Crippen MR) is 107 cm³/mol. The fraction of sp³-hybridized carbons (Fsp3) is 0.526. The Labute approximate surface area is 171 Å². The minimum Gasteiger partial charge on any atom is -0.338 e. The van der Waals surface area contributed by atoms with Gasteiger partial charge in [0.15, 0.2) is 5.78 Å². The van der Waals surface area contributed by atoms with Crippen LogP contribution in [0.1, 0.15) is 60.9 Å². The van der Waals surface area contributed by atoms with Gasteiger partial charge in [-0.2, -0.15) is 0 Å². The Hall–Kier alpha value is -2.13. The molecule has 0 bridgehead atoms. The van der Waals surface area contributed by atoms with Crippen molar-refractivity contribution in [2.75, 3.05) is 26.2 Å². The molecule has 1 spiro atoms. The van der Waals surface area contributed by atoms with Crippen molar-refractivity contribution in [3.8, 4) is 0 Å². The Balaban J connectivity index is 1.37. The van der Waals surface area contributed by atoms with Gasteiger partial charge in [0.05, 0.1) is 15.4 Å². The van der Waals surface area contributed by atoms with Gasteiger partial charge >= 0.3 is 0 Å². The first-order valence-electron chi connectivity index (χ1n) is 9.37. The second-order valence-corrected chi connectivity index (χ2v) is 9.51. The summed E-state index contributed by atoms with van der Waals surface area (Å²) < 4.78 is 3.87. The van der Waals surface area contributed by atoms with Crippen molar-refractivity contribution in [3.05, 3.63) is 32.5 Å². The predicted octanol–water partition coefficient (Wildman–Crippen LogP) is 2.88. The molecule has 0 saturated carbocycles. The van der Waals surface area contributed by atoms with E-state index in [1.165, 1.54) is 18.3 Å². The molecule has 148 valence electrons. The second-order valence-electron chi connectivity index (χ2n) is 7.68. The summed E-state index contributed by atoms with van der Waals surface area (Å²) in [6.45, 7) is 6.19. The first kappa shape index (κ1) is 19.2. The number of hydrogen-bond donors (Lipinski definition) is 0. The molecule has 0 atom stereocenters. The van der Waals surface area contributed by atoms with Gasteiger partial charge in [-0.1, -0.05) is 4.49 Å². The van der Waals surface area contributed by atoms with Gasteiger partial charge in [-0.05, 0) is 62.2 Å². The van der Waals surface area contributed by atoms with Gasteiger partial charge in [0.1, 0.15) is 4.88 Å². The van der Waals surface area contributed by atoms with Crippen LogP contribution < -0.4 is 0 Å². The molecule has 9 heteroatoms. The highest BCUT2D eigenvalue weighted by Crippen LogP contribution is 2.41. The molecule has 2 amide bonds. The lowest BCUT2D eigenvalue weighted by atomic mass is 9.77. The second kappa shape index (κ2) is 7.36. The van der Waals surface area contributed by atoms with Gasteiger partial charge < -0.3 is 9.80 Å². The maximum atomic E-state index is 12.8. The van der Waals surface area contributed by atoms with Crippen molar-refractivity contribution in [2.45, 2.75) is 33.1 Å². The van der Waals surface area contributed by atoms with Crippen LogP contribution in [0.25, 0.3) is 0 Å². The van der Waals surface area contributed by atoms with Crippen LogP contribution in [0.4, 0.5) is 0 Å². The smallest absolute Gasteiger partial charge is 0.267 e. The first-order chi connectivity index (χ1) is 13.4. The van der Waals surface area contributed by atoms with Crippen molar-refractivity contribution < 1.29 is 14.4 Å². The number of amides is 2. The van der Waals surface area contributed by atoms with Crippen LogP contribution in [-0.4, -0.2) is 63.2 Å². The van der Waals surface area contributed by atoms with Gasteiger partial charge in [0, 0.05) is 26.2 Å². The molecule has 2 aromatic rings. The number of aromatic nitrogens is 2. The lowest BCUT2D eigenvalue weighted by Gasteiger charge is -2.39. The fourth-order valence-electron chi connectivity index (χ4n) is 4.07. The number of rotatable bonds is 3. The molecule has 0 aliphatic carbocycles. The number of thiophene rings is 1. The molecule has 2 aliphatic heterocycles. The van der Waals surface area contributed by atoms with E-state index < -0.39 is 0 Å². The fourth-order valence-corrected chi connectivity index (χ4v) is 5.56. The van der Waals surface area contributed by atoms with Gasteiger partial charge in [-0.25, -0.2) is 0 Å². The van der Waals surface area contributed by atoms with Crippen LogP contribution in [0, 0.1) is 12.3 Å². The van der Waals surface area contributed by atoms with E-state index in [0.29, 0.717) is 33.4 Å². The molecule has 2 aliphatic rings. The van der Waals surface area contributed by atoms with Gasteiger partial charge in [-0.15, -0.1) is 16.4 Å². The molecule has 0 N–H and O–H groups in total. The summed E-state index contributed by atoms with van der Waals surface area (Å²) in [5.41, 5.74) is 0.788. The zero-order valence-electron chi connectivity index (χ0n) is 15.9. The van der Waals surface area contributed by atoms with Gasteiger partial charge in [0.2, 0.25) is 0 Å². The summed E-state index contributed by atoms with van der Waals surface area (Å²) in [6, 6.07) is 3.47. The van der Waals surface area contributed by atoms with Crippen molar-refractivity contribution in [1.82, 2.24) is 19.4 Å². The van der Waals surface area contributed by atoms with E-state index in [1.54, 1.807) is 12.1 Å². The van der Waals surface area contributed by atoms with E-state index in [9.17, 15) is 14.4 Å². The molecule has 4 rings (SSSR count). The third kappa shape index (κ3) is 3.48. The molecule has 28 heavy (non-hydrogen) atoms. The SMILES string of the molecule is CC(=O)c1ccc(C(=O)N2CCC3(CC2)CCN(C(=O)c2snnc2C)C3)s1. The van der Waals surface area contributed by atoms with Gasteiger partial charge in [-0.3, -0.25) is 14.4 Å². The van der Waals surface area contributed by atoms with E-state index in [-0.39, 0.29) is 23.0 Å². The number of carbonyl (C=O) groups is 3. The van der Waals surface area contributed by atoms with Crippen molar-refractivity contribution in [1.29, 1.82) is 0 Å². The normalized spacial score (nSPS) is 18.6. The zero-order valence-corrected chi connectivity index (χ0v) is 17.6. The number of ketones is 1. The Bertz CT molecular complexity index is 927. The molecule has 0 radical (unpaired) electrons. The Morgan fingerprint density at radius 1 is 1.00 bits per heavy atom. The minimum atomic E-state index is -0.0104. The standard InChI is InChI=1S/C19H22N4O3S2/c1-12-16(28-21-20-12)18(26)23-10-7-19(11-23)5-8-22(9-6-19)17(25)15-4-3-14(27-15)13(2)24/h3-4H,5-11H2,1-2H3. The number of aryl methyl sites for hydroxylation is 1. The van der Waals surface area contributed by atoms with Crippen LogP contribution in [-0.2, 0) is 0 Å². The Kier molecular flexibility index (Phi) is 5.05. The van der Waals surface area contributed by atoms with Gasteiger partial charge in [0.25, 0.3) is 11.8 Å². The highest BCUT2D eigenvalue weighted by atomic mass is 32.1. The average molecular weight is 419 g/mol. The zero-order chi connectivity index (χ0) is 19.9. The number of carbonyl (C=O) groups excluding carboxylic acids is 3. The Morgan fingerprint density at radius 2 is 1.64 bits per heavy atom. The third-order valence-electron chi connectivity index (χ3n) is 5.85. The number of piperidine rings is 1. The summed E-state index contributed by atoms with van der Waals surface area (Å²) in [6.07, 6.45) is 2.76. The van der Waals surface area contributed by atoms with Crippen molar-refractivity contribution >= 4 is 40.5 Å². The maximum Gasteiger partial charge on any atom is 0.267 e. The highest BCUT2D eigenvalue weighted by molar-refractivity contribution is 7.16. The van der Waals surface area contributed by atoms with E-state index in [1.807, 2.05) is 16.7 Å². The molecule has 4 heterocycles. The van der Waals surface area contributed by atoms with Crippen molar-refractivity contribution in [3.63, 3.8) is 0 Å². The molecule has 2 saturated heterocycles. The summed E-state index contributed by atoms with van der Waals surface area (Å²) in [5, 5.41) is 3.94. The van der Waals surface area contributed by atoms with E-state index in [4.69, 9.17) is 0 Å². The van der Waals surface area contributed by atoms with Crippen LogP contribution in [0.3, 0.4) is 0 Å². The molecule has 2 fully saturated rings. The van der Waals surface area contributed by atoms with E-state index in [0.717, 1.165) is 43.9 Å². The van der Waals surface area contributed by atoms with Crippen LogP contribution in [0.2, 0.25) is 0 Å². The highest BCUT2D eigenvalue weighted by Gasteiger charge is 2.43. The first-order valence-corrected chi connectivity index (χ1v) is 11.0. The number of hydrogen-bond acceptors (Lipinski definition) is 7. The molecule has 7 nitrogen and oxygen atoms in total. The quantitative estimate of drug-likeness (QED) is 0.716. The average Bonchev–Trinajstić information content (AvgIpc) is 3.41. The lowest BCUT2D eigenvalue weighted by Crippen LogP contribution is -2.44. The third-order valence-corrected chi connectivity index (χ3v) is 7.84. The van der Waals surface area contributed by atoms with Crippen molar-refractivity contribution in [2.24, 2.45) is 5.41 Å². The molecular weight excluding hydrogens is 396 g/mol. The van der Waals surface area contributed by atoms with E-state index in [2.05, 4.69) is 9.59 Å². The lowest BCUT2D eigenvalue weighted by molar-refractivity contribution is 0.0570. The Morgan fingerprint density at radius 3 is 2.21 bits per heavy atom. The summed E-state index contributed by atoms with van der Waals surface area (Å²) in [4.78, 5) is 42.6. The van der Waals surface area contributed by atoms with Crippen LogP contribution >= 0.6 is 22.9 Å². The molecule has 0 aromatic carbocycles. The molecular formula is C19H22N4O3S2. The summed E-state index contributed by atoms with van der Waals surface area (Å²) in [5.74, 6) is 0.0200. The largest absolute Gasteiger partial charge is 0.338 e. The molecule has 2 aromatic heterocycles. The van der Waals surface area contributed by atoms with Crippen LogP contribution in [0.5, 0.6) is 0 Å². The maximum absolute atomic E-state index is 12.8. The number of likely N-dealkylation sites (tertiary alicyclic amines) is 2. The minimum absolute atomic E-state index is 0.00429. The summed E-state index contributed by atoms with van der Waals surface area (Å²) >= 11 is 2.42. The number of nitrogens with zero attached hydrogens (tertiary/aromatic N) is 4. The van der Waals surface area contributed by atoms with Crippen LogP contribution in [0.15, 0.2) is 12.1 Å².